The van der Waals surface area contributed by atoms with E-state index in [1.807, 2.05) is 19.9 Å². The second kappa shape index (κ2) is 6.57. The van der Waals surface area contributed by atoms with E-state index in [1.54, 1.807) is 12.4 Å². The molecule has 0 radical (unpaired) electrons. The van der Waals surface area contributed by atoms with Crippen molar-refractivity contribution in [2.24, 2.45) is 0 Å². The van der Waals surface area contributed by atoms with E-state index in [1.165, 1.54) is 12.1 Å². The largest absolute Gasteiger partial charge is 0.310 e. The molecule has 1 N–H and O–H groups in total. The Labute approximate surface area is 117 Å². The molecule has 1 unspecified atom stereocenters. The number of likely N-dealkylation sites (N-methyl/N-ethyl adjacent to an activating group) is 1. The van der Waals surface area contributed by atoms with E-state index in [9.17, 15) is 8.78 Å². The van der Waals surface area contributed by atoms with Crippen LogP contribution < -0.4 is 5.32 Å². The monoisotopic (exact) mass is 276 g/mol. The van der Waals surface area contributed by atoms with Gasteiger partial charge >= 0.3 is 0 Å². The Morgan fingerprint density at radius 1 is 1.20 bits per heavy atom. The lowest BCUT2D eigenvalue weighted by Gasteiger charge is -2.19. The van der Waals surface area contributed by atoms with Crippen molar-refractivity contribution < 1.29 is 8.78 Å². The van der Waals surface area contributed by atoms with Crippen LogP contribution in [0.25, 0.3) is 0 Å². The van der Waals surface area contributed by atoms with E-state index in [0.717, 1.165) is 23.7 Å². The molecular formula is C16H18F2N2. The summed E-state index contributed by atoms with van der Waals surface area (Å²) in [4.78, 5) is 4.16. The summed E-state index contributed by atoms with van der Waals surface area (Å²) in [5.74, 6) is -0.797. The van der Waals surface area contributed by atoms with Crippen molar-refractivity contribution in [3.05, 3.63) is 65.0 Å². The van der Waals surface area contributed by atoms with Crippen molar-refractivity contribution in [1.29, 1.82) is 0 Å². The summed E-state index contributed by atoms with van der Waals surface area (Å²) in [7, 11) is 0. The van der Waals surface area contributed by atoms with Gasteiger partial charge < -0.3 is 5.32 Å². The number of nitrogens with zero attached hydrogens (tertiary/aromatic N) is 1. The highest BCUT2D eigenvalue weighted by Gasteiger charge is 2.15. The number of hydrogen-bond acceptors (Lipinski definition) is 2. The Morgan fingerprint density at radius 3 is 2.70 bits per heavy atom. The fourth-order valence-corrected chi connectivity index (χ4v) is 2.24. The topological polar surface area (TPSA) is 24.9 Å². The summed E-state index contributed by atoms with van der Waals surface area (Å²) in [5.41, 5.74) is 2.40. The number of rotatable bonds is 5. The molecule has 1 heterocycles. The van der Waals surface area contributed by atoms with Crippen LogP contribution in [0.1, 0.15) is 29.7 Å². The summed E-state index contributed by atoms with van der Waals surface area (Å²) in [5, 5.41) is 3.29. The Hall–Kier alpha value is -1.81. The predicted octanol–water partition coefficient (Wildman–Crippen LogP) is 3.56. The highest BCUT2D eigenvalue weighted by atomic mass is 19.1. The fraction of sp³-hybridized carbons (Fsp3) is 0.312. The molecule has 2 nitrogen and oxygen atoms in total. The van der Waals surface area contributed by atoms with Crippen molar-refractivity contribution in [1.82, 2.24) is 10.3 Å². The predicted molar refractivity (Wildman–Crippen MR) is 75.5 cm³/mol. The third kappa shape index (κ3) is 3.61. The van der Waals surface area contributed by atoms with Crippen LogP contribution in [0.4, 0.5) is 8.78 Å². The molecule has 0 aliphatic carbocycles. The SMILES string of the molecule is CCNC(Cc1cc(F)ccc1F)c1cncc(C)c1. The quantitative estimate of drug-likeness (QED) is 0.903. The van der Waals surface area contributed by atoms with Crippen LogP contribution in [-0.2, 0) is 6.42 Å². The molecule has 0 saturated heterocycles. The number of benzene rings is 1. The number of pyridine rings is 1. The molecule has 0 aliphatic heterocycles. The minimum atomic E-state index is -0.418. The van der Waals surface area contributed by atoms with E-state index < -0.39 is 5.82 Å². The zero-order valence-electron chi connectivity index (χ0n) is 11.7. The Bertz CT molecular complexity index is 584. The zero-order chi connectivity index (χ0) is 14.5. The van der Waals surface area contributed by atoms with Crippen molar-refractivity contribution in [2.45, 2.75) is 26.3 Å². The van der Waals surface area contributed by atoms with Crippen LogP contribution in [0.2, 0.25) is 0 Å². The van der Waals surface area contributed by atoms with Crippen LogP contribution in [-0.4, -0.2) is 11.5 Å². The minimum absolute atomic E-state index is 0.0799. The van der Waals surface area contributed by atoms with Gasteiger partial charge in [0.1, 0.15) is 11.6 Å². The maximum Gasteiger partial charge on any atom is 0.126 e. The third-order valence-electron chi connectivity index (χ3n) is 3.18. The molecule has 0 spiro atoms. The second-order valence-corrected chi connectivity index (χ2v) is 4.85. The van der Waals surface area contributed by atoms with Gasteiger partial charge in [-0.05, 0) is 54.8 Å². The van der Waals surface area contributed by atoms with Crippen LogP contribution >= 0.6 is 0 Å². The summed E-state index contributed by atoms with van der Waals surface area (Å²) in [6, 6.07) is 5.49. The first-order chi connectivity index (χ1) is 9.60. The molecule has 0 aliphatic rings. The van der Waals surface area contributed by atoms with Gasteiger partial charge in [0.2, 0.25) is 0 Å². The molecule has 1 aromatic carbocycles. The summed E-state index contributed by atoms with van der Waals surface area (Å²) in [6.07, 6.45) is 3.93. The van der Waals surface area contributed by atoms with Gasteiger partial charge in [-0.1, -0.05) is 13.0 Å². The van der Waals surface area contributed by atoms with E-state index in [0.29, 0.717) is 12.0 Å². The lowest BCUT2D eigenvalue weighted by atomic mass is 9.99. The van der Waals surface area contributed by atoms with Crippen molar-refractivity contribution >= 4 is 0 Å². The van der Waals surface area contributed by atoms with Gasteiger partial charge in [-0.25, -0.2) is 8.78 Å². The van der Waals surface area contributed by atoms with Crippen LogP contribution in [0.3, 0.4) is 0 Å². The molecular weight excluding hydrogens is 258 g/mol. The first-order valence-corrected chi connectivity index (χ1v) is 6.69. The lowest BCUT2D eigenvalue weighted by Crippen LogP contribution is -2.23. The summed E-state index contributed by atoms with van der Waals surface area (Å²) < 4.78 is 27.0. The molecule has 0 saturated carbocycles. The molecule has 0 amide bonds. The van der Waals surface area contributed by atoms with Gasteiger partial charge in [-0.2, -0.15) is 0 Å². The van der Waals surface area contributed by atoms with Gasteiger partial charge in [0, 0.05) is 18.4 Å². The number of nitrogens with one attached hydrogen (secondary N) is 1. The Kier molecular flexibility index (Phi) is 4.79. The lowest BCUT2D eigenvalue weighted by molar-refractivity contribution is 0.520. The van der Waals surface area contributed by atoms with Crippen LogP contribution in [0.5, 0.6) is 0 Å². The first kappa shape index (κ1) is 14.6. The highest BCUT2D eigenvalue weighted by Crippen LogP contribution is 2.21. The smallest absolute Gasteiger partial charge is 0.126 e. The second-order valence-electron chi connectivity index (χ2n) is 4.85. The zero-order valence-corrected chi connectivity index (χ0v) is 11.7. The maximum atomic E-state index is 13.8. The fourth-order valence-electron chi connectivity index (χ4n) is 2.24. The van der Waals surface area contributed by atoms with E-state index in [4.69, 9.17) is 0 Å². The Balaban J connectivity index is 2.27. The van der Waals surface area contributed by atoms with E-state index >= 15 is 0 Å². The summed E-state index contributed by atoms with van der Waals surface area (Å²) >= 11 is 0. The average molecular weight is 276 g/mol. The van der Waals surface area contributed by atoms with E-state index in [2.05, 4.69) is 10.3 Å². The molecule has 106 valence electrons. The number of aromatic nitrogens is 1. The van der Waals surface area contributed by atoms with Gasteiger partial charge in [-0.3, -0.25) is 4.98 Å². The maximum absolute atomic E-state index is 13.8. The van der Waals surface area contributed by atoms with Crippen molar-refractivity contribution in [2.75, 3.05) is 6.54 Å². The number of hydrogen-bond donors (Lipinski definition) is 1. The molecule has 2 rings (SSSR count). The van der Waals surface area contributed by atoms with Crippen molar-refractivity contribution in [3.8, 4) is 0 Å². The highest BCUT2D eigenvalue weighted by molar-refractivity contribution is 5.25. The van der Waals surface area contributed by atoms with Gasteiger partial charge in [-0.15, -0.1) is 0 Å². The number of aryl methyl sites for hydroxylation is 1. The van der Waals surface area contributed by atoms with Gasteiger partial charge in [0.05, 0.1) is 0 Å². The average Bonchev–Trinajstić information content (AvgIpc) is 2.42. The Morgan fingerprint density at radius 2 is 2.00 bits per heavy atom. The minimum Gasteiger partial charge on any atom is -0.310 e. The van der Waals surface area contributed by atoms with Crippen LogP contribution in [0, 0.1) is 18.6 Å². The van der Waals surface area contributed by atoms with Gasteiger partial charge in [0.15, 0.2) is 0 Å². The molecule has 4 heteroatoms. The standard InChI is InChI=1S/C16H18F2N2/c1-3-20-16(13-6-11(2)9-19-10-13)8-12-7-14(17)4-5-15(12)18/h4-7,9-10,16,20H,3,8H2,1-2H3. The summed E-state index contributed by atoms with van der Waals surface area (Å²) in [6.45, 7) is 4.69. The van der Waals surface area contributed by atoms with Gasteiger partial charge in [0.25, 0.3) is 0 Å². The molecule has 2 aromatic rings. The number of halogens is 2. The normalized spacial score (nSPS) is 12.4. The third-order valence-corrected chi connectivity index (χ3v) is 3.18. The molecule has 1 atom stereocenters. The first-order valence-electron chi connectivity index (χ1n) is 6.69. The molecule has 1 aromatic heterocycles. The van der Waals surface area contributed by atoms with E-state index in [-0.39, 0.29) is 11.9 Å². The molecule has 0 fully saturated rings. The molecule has 0 bridgehead atoms. The van der Waals surface area contributed by atoms with Crippen molar-refractivity contribution in [3.63, 3.8) is 0 Å². The van der Waals surface area contributed by atoms with Crippen LogP contribution in [0.15, 0.2) is 36.7 Å². The molecule has 20 heavy (non-hydrogen) atoms.